The van der Waals surface area contributed by atoms with E-state index in [9.17, 15) is 4.79 Å². The molecule has 1 unspecified atom stereocenters. The highest BCUT2D eigenvalue weighted by atomic mass is 16.5. The topological polar surface area (TPSA) is 58.2 Å². The highest BCUT2D eigenvalue weighted by Gasteiger charge is 2.32. The second-order valence-corrected chi connectivity index (χ2v) is 8.22. The number of para-hydroxylation sites is 1. The van der Waals surface area contributed by atoms with Crippen LogP contribution in [0.2, 0.25) is 0 Å². The molecule has 1 atom stereocenters. The number of aromatic amines is 1. The molecule has 2 aromatic rings. The summed E-state index contributed by atoms with van der Waals surface area (Å²) in [5, 5.41) is 0. The number of hydrogen-bond donors (Lipinski definition) is 1. The van der Waals surface area contributed by atoms with Crippen molar-refractivity contribution in [2.75, 3.05) is 13.7 Å². The number of ketones is 1. The third-order valence-corrected chi connectivity index (χ3v) is 6.05. The molecule has 1 saturated carbocycles. The zero-order chi connectivity index (χ0) is 20.5. The van der Waals surface area contributed by atoms with E-state index in [1.54, 1.807) is 7.11 Å². The highest BCUT2D eigenvalue weighted by Crippen LogP contribution is 2.34. The van der Waals surface area contributed by atoms with Gasteiger partial charge in [0.2, 0.25) is 0 Å². The number of ether oxygens (including phenoxy) is 1. The number of nitrogens with zero attached hydrogens (tertiary/aromatic N) is 2. The molecule has 0 saturated heterocycles. The van der Waals surface area contributed by atoms with Gasteiger partial charge in [0.05, 0.1) is 30.4 Å². The van der Waals surface area contributed by atoms with Crippen molar-refractivity contribution in [1.29, 1.82) is 0 Å². The fourth-order valence-corrected chi connectivity index (χ4v) is 4.26. The molecule has 4 rings (SSSR count). The van der Waals surface area contributed by atoms with Crippen LogP contribution in [-0.2, 0) is 11.3 Å². The minimum Gasteiger partial charge on any atom is -0.501 e. The summed E-state index contributed by atoms with van der Waals surface area (Å²) in [4.78, 5) is 22.9. The van der Waals surface area contributed by atoms with Crippen molar-refractivity contribution in [1.82, 2.24) is 14.9 Å². The van der Waals surface area contributed by atoms with E-state index < -0.39 is 0 Å². The Balaban J connectivity index is 1.59. The van der Waals surface area contributed by atoms with Gasteiger partial charge in [-0.25, -0.2) is 4.98 Å². The van der Waals surface area contributed by atoms with E-state index in [0.29, 0.717) is 17.5 Å². The van der Waals surface area contributed by atoms with Gasteiger partial charge in [-0.2, -0.15) is 0 Å². The molecule has 152 valence electrons. The third kappa shape index (κ3) is 4.06. The average molecular weight is 392 g/mol. The molecule has 0 radical (unpaired) electrons. The van der Waals surface area contributed by atoms with Gasteiger partial charge in [0.1, 0.15) is 5.82 Å². The lowest BCUT2D eigenvalue weighted by atomic mass is 9.87. The second kappa shape index (κ2) is 7.99. The summed E-state index contributed by atoms with van der Waals surface area (Å²) in [6.07, 6.45) is 6.95. The Kier molecular flexibility index (Phi) is 5.41. The number of carbonyl (C=O) groups is 1. The quantitative estimate of drug-likeness (QED) is 0.520. The number of imidazole rings is 1. The van der Waals surface area contributed by atoms with E-state index in [-0.39, 0.29) is 5.78 Å². The lowest BCUT2D eigenvalue weighted by Crippen LogP contribution is -2.31. The van der Waals surface area contributed by atoms with Crippen LogP contribution >= 0.6 is 0 Å². The molecule has 5 nitrogen and oxygen atoms in total. The molecule has 1 aromatic carbocycles. The smallest absolute Gasteiger partial charge is 0.187 e. The van der Waals surface area contributed by atoms with Gasteiger partial charge in [0, 0.05) is 24.6 Å². The normalized spacial score (nSPS) is 19.6. The number of carbonyl (C=O) groups excluding carboxylic acids is 1. The van der Waals surface area contributed by atoms with Crippen LogP contribution in [0.3, 0.4) is 0 Å². The fourth-order valence-electron chi connectivity index (χ4n) is 4.26. The molecule has 1 N–H and O–H groups in total. The maximum Gasteiger partial charge on any atom is 0.187 e. The molecule has 29 heavy (non-hydrogen) atoms. The summed E-state index contributed by atoms with van der Waals surface area (Å²) in [6, 6.07) is 6.28. The van der Waals surface area contributed by atoms with Crippen molar-refractivity contribution in [2.45, 2.75) is 45.7 Å². The van der Waals surface area contributed by atoms with Gasteiger partial charge in [-0.3, -0.25) is 9.69 Å². The van der Waals surface area contributed by atoms with Crippen molar-refractivity contribution in [3.63, 3.8) is 0 Å². The summed E-state index contributed by atoms with van der Waals surface area (Å²) in [5.74, 6) is 2.36. The van der Waals surface area contributed by atoms with Crippen molar-refractivity contribution < 1.29 is 9.53 Å². The number of hydrogen-bond acceptors (Lipinski definition) is 4. The van der Waals surface area contributed by atoms with Crippen molar-refractivity contribution >= 4 is 16.8 Å². The fraction of sp³-hybridized carbons (Fsp3) is 0.417. The molecule has 2 aliphatic rings. The molecule has 0 aliphatic heterocycles. The van der Waals surface area contributed by atoms with Gasteiger partial charge in [-0.15, -0.1) is 0 Å². The minimum atomic E-state index is -0.0924. The molecule has 0 spiro atoms. The minimum absolute atomic E-state index is 0.0924. The van der Waals surface area contributed by atoms with Crippen LogP contribution in [-0.4, -0.2) is 40.3 Å². The van der Waals surface area contributed by atoms with Crippen molar-refractivity contribution in [3.8, 4) is 0 Å². The zero-order valence-corrected chi connectivity index (χ0v) is 17.5. The first kappa shape index (κ1) is 19.6. The SMILES string of the molecule is C=CC(=O)c1cccc2[nH]c(CN(CC3=C(C)C=C(OC)CC3C)C3CC3)nc12. The Morgan fingerprint density at radius 3 is 2.83 bits per heavy atom. The van der Waals surface area contributed by atoms with E-state index in [1.165, 1.54) is 30.1 Å². The van der Waals surface area contributed by atoms with Gasteiger partial charge >= 0.3 is 0 Å². The number of methoxy groups -OCH3 is 1. The second-order valence-electron chi connectivity index (χ2n) is 8.22. The van der Waals surface area contributed by atoms with Gasteiger partial charge in [0.25, 0.3) is 0 Å². The standard InChI is InChI=1S/C24H29N3O2/c1-5-22(28)19-7-6-8-21-24(19)26-23(25-21)14-27(17-9-10-17)13-20-15(2)11-18(29-4)12-16(20)3/h5-8,11,16-17H,1,9-10,12-14H2,2-4H3,(H,25,26). The Labute approximate surface area is 172 Å². The van der Waals surface area contributed by atoms with Crippen LogP contribution in [0.4, 0.5) is 0 Å². The third-order valence-electron chi connectivity index (χ3n) is 6.05. The molecular formula is C24H29N3O2. The van der Waals surface area contributed by atoms with Crippen LogP contribution in [0.1, 0.15) is 49.3 Å². The number of rotatable bonds is 8. The summed E-state index contributed by atoms with van der Waals surface area (Å²) in [7, 11) is 1.75. The zero-order valence-electron chi connectivity index (χ0n) is 17.5. The van der Waals surface area contributed by atoms with Crippen LogP contribution in [0.5, 0.6) is 0 Å². The molecule has 2 aliphatic carbocycles. The van der Waals surface area contributed by atoms with Crippen molar-refractivity contribution in [2.24, 2.45) is 5.92 Å². The molecular weight excluding hydrogens is 362 g/mol. The lowest BCUT2D eigenvalue weighted by Gasteiger charge is -2.29. The number of H-pyrrole nitrogens is 1. The molecule has 1 fully saturated rings. The molecule has 1 heterocycles. The Morgan fingerprint density at radius 1 is 1.38 bits per heavy atom. The number of fused-ring (bicyclic) bond motifs is 1. The van der Waals surface area contributed by atoms with E-state index in [4.69, 9.17) is 9.72 Å². The van der Waals surface area contributed by atoms with Gasteiger partial charge in [-0.1, -0.05) is 19.6 Å². The number of benzene rings is 1. The molecule has 0 bridgehead atoms. The maximum atomic E-state index is 12.2. The summed E-state index contributed by atoms with van der Waals surface area (Å²) >= 11 is 0. The first-order chi connectivity index (χ1) is 14.0. The Morgan fingerprint density at radius 2 is 2.17 bits per heavy atom. The van der Waals surface area contributed by atoms with Gasteiger partial charge < -0.3 is 9.72 Å². The number of allylic oxidation sites excluding steroid dienone is 4. The van der Waals surface area contributed by atoms with E-state index in [1.807, 2.05) is 18.2 Å². The average Bonchev–Trinajstić information content (AvgIpc) is 3.48. The van der Waals surface area contributed by atoms with E-state index in [0.717, 1.165) is 42.1 Å². The van der Waals surface area contributed by atoms with E-state index in [2.05, 4.69) is 36.4 Å². The van der Waals surface area contributed by atoms with E-state index >= 15 is 0 Å². The van der Waals surface area contributed by atoms with Gasteiger partial charge in [-0.05, 0) is 61.1 Å². The largest absolute Gasteiger partial charge is 0.501 e. The summed E-state index contributed by atoms with van der Waals surface area (Å²) in [5.41, 5.74) is 5.04. The van der Waals surface area contributed by atoms with Crippen LogP contribution in [0, 0.1) is 5.92 Å². The number of aromatic nitrogens is 2. The van der Waals surface area contributed by atoms with Crippen molar-refractivity contribution in [3.05, 3.63) is 65.2 Å². The van der Waals surface area contributed by atoms with Gasteiger partial charge in [0.15, 0.2) is 5.78 Å². The first-order valence-corrected chi connectivity index (χ1v) is 10.3. The first-order valence-electron chi connectivity index (χ1n) is 10.3. The number of nitrogens with one attached hydrogen (secondary N) is 1. The predicted octanol–water partition coefficient (Wildman–Crippen LogP) is 4.78. The van der Waals surface area contributed by atoms with Crippen LogP contribution < -0.4 is 0 Å². The predicted molar refractivity (Wildman–Crippen MR) is 116 cm³/mol. The maximum absolute atomic E-state index is 12.2. The molecule has 0 amide bonds. The monoisotopic (exact) mass is 391 g/mol. The molecule has 5 heteroatoms. The Hall–Kier alpha value is -2.66. The highest BCUT2D eigenvalue weighted by molar-refractivity contribution is 6.11. The van der Waals surface area contributed by atoms with Crippen LogP contribution in [0.25, 0.3) is 11.0 Å². The lowest BCUT2D eigenvalue weighted by molar-refractivity contribution is 0.104. The van der Waals surface area contributed by atoms with Crippen LogP contribution in [0.15, 0.2) is 53.8 Å². The summed E-state index contributed by atoms with van der Waals surface area (Å²) < 4.78 is 5.48. The molecule has 1 aromatic heterocycles. The Bertz CT molecular complexity index is 1010. The summed E-state index contributed by atoms with van der Waals surface area (Å²) in [6.45, 7) is 9.77.